The van der Waals surface area contributed by atoms with Crippen molar-refractivity contribution in [1.82, 2.24) is 9.13 Å². The van der Waals surface area contributed by atoms with E-state index in [4.69, 9.17) is 5.11 Å². The monoisotopic (exact) mass is 788 g/mol. The fraction of sp³-hybridized carbons (Fsp3) is 0.421. The van der Waals surface area contributed by atoms with Gasteiger partial charge in [0.1, 0.15) is 11.6 Å². The Bertz CT molecular complexity index is 2400. The minimum Gasteiger partial charge on any atom is -0.394 e. The molecule has 4 aromatic rings. The molecule has 16 heteroatoms. The van der Waals surface area contributed by atoms with E-state index in [0.29, 0.717) is 59.2 Å². The molecular weight excluding hydrogens is 743 g/mol. The van der Waals surface area contributed by atoms with Crippen molar-refractivity contribution < 1.29 is 35.8 Å². The van der Waals surface area contributed by atoms with Gasteiger partial charge in [-0.05, 0) is 98.4 Å². The number of nitrogens with zero attached hydrogens (tertiary/aromatic N) is 2. The lowest BCUT2D eigenvalue weighted by molar-refractivity contribution is 0.0858. The molecule has 2 heterocycles. The molecular formula is C38H46F2N4O8S2. The number of aliphatic hydroxyl groups is 2. The Balaban J connectivity index is 0.000000210. The highest BCUT2D eigenvalue weighted by Gasteiger charge is 2.55. The smallest absolute Gasteiger partial charge is 0.253 e. The second-order valence-corrected chi connectivity index (χ2v) is 18.5. The molecule has 2 aliphatic carbocycles. The zero-order valence-electron chi connectivity index (χ0n) is 30.8. The van der Waals surface area contributed by atoms with E-state index in [1.54, 1.807) is 52.1 Å². The third-order valence-electron chi connectivity index (χ3n) is 9.88. The summed E-state index contributed by atoms with van der Waals surface area (Å²) >= 11 is 0. The lowest BCUT2D eigenvalue weighted by Gasteiger charge is -2.21. The highest BCUT2D eigenvalue weighted by molar-refractivity contribution is 7.94. The van der Waals surface area contributed by atoms with Gasteiger partial charge in [-0.15, -0.1) is 0 Å². The third kappa shape index (κ3) is 9.28. The molecule has 2 aromatic heterocycles. The molecule has 0 bridgehead atoms. The SMILES string of the molecule is Cc1ccc(Cc2c(NS(=O)(=O)C3CC3)cn(C)c(=O)c2C)c(F)c1.Cc1ccc(Cc2cc(=O)n(C)cc2NS(=O)(=O)C2(CC(O)CO)CC2)c(F)c1. The summed E-state index contributed by atoms with van der Waals surface area (Å²) < 4.78 is 85.7. The molecule has 1 unspecified atom stereocenters. The number of aliphatic hydroxyl groups excluding tert-OH is 2. The summed E-state index contributed by atoms with van der Waals surface area (Å²) in [5.41, 5.74) is 3.58. The number of sulfonamides is 2. The predicted molar refractivity (Wildman–Crippen MR) is 204 cm³/mol. The Kier molecular flexibility index (Phi) is 11.9. The molecule has 2 aliphatic rings. The van der Waals surface area contributed by atoms with Crippen LogP contribution in [0.5, 0.6) is 0 Å². The van der Waals surface area contributed by atoms with Crippen LogP contribution in [-0.4, -0.2) is 58.9 Å². The van der Waals surface area contributed by atoms with Crippen LogP contribution in [0.1, 0.15) is 71.0 Å². The van der Waals surface area contributed by atoms with Crippen molar-refractivity contribution in [3.63, 3.8) is 0 Å². The van der Waals surface area contributed by atoms with Gasteiger partial charge in [0.15, 0.2) is 0 Å². The number of aromatic nitrogens is 2. The molecule has 6 rings (SSSR count). The highest BCUT2D eigenvalue weighted by Crippen LogP contribution is 2.48. The van der Waals surface area contributed by atoms with Crippen LogP contribution in [0.15, 0.2) is 64.4 Å². The molecule has 12 nitrogen and oxygen atoms in total. The highest BCUT2D eigenvalue weighted by atomic mass is 32.2. The lowest BCUT2D eigenvalue weighted by Crippen LogP contribution is -2.35. The van der Waals surface area contributed by atoms with E-state index in [-0.39, 0.29) is 47.1 Å². The van der Waals surface area contributed by atoms with Crippen LogP contribution >= 0.6 is 0 Å². The predicted octanol–water partition coefficient (Wildman–Crippen LogP) is 4.08. The van der Waals surface area contributed by atoms with Crippen LogP contribution in [0, 0.1) is 32.4 Å². The van der Waals surface area contributed by atoms with Gasteiger partial charge in [0.25, 0.3) is 11.1 Å². The van der Waals surface area contributed by atoms with Gasteiger partial charge in [-0.2, -0.15) is 0 Å². The molecule has 0 amide bonds. The van der Waals surface area contributed by atoms with Crippen molar-refractivity contribution in [3.8, 4) is 0 Å². The van der Waals surface area contributed by atoms with Gasteiger partial charge < -0.3 is 19.3 Å². The molecule has 0 spiro atoms. The van der Waals surface area contributed by atoms with Crippen LogP contribution in [-0.2, 0) is 47.0 Å². The number of benzene rings is 2. The fourth-order valence-electron chi connectivity index (χ4n) is 6.22. The number of halogens is 2. The molecule has 54 heavy (non-hydrogen) atoms. The topological polar surface area (TPSA) is 177 Å². The second kappa shape index (κ2) is 15.8. The molecule has 292 valence electrons. The zero-order valence-corrected chi connectivity index (χ0v) is 32.5. The minimum absolute atomic E-state index is 0.0479. The largest absolute Gasteiger partial charge is 0.394 e. The first kappa shape index (κ1) is 40.8. The van der Waals surface area contributed by atoms with Crippen molar-refractivity contribution in [2.24, 2.45) is 14.1 Å². The molecule has 2 aromatic carbocycles. The van der Waals surface area contributed by atoms with E-state index in [0.717, 1.165) is 11.1 Å². The molecule has 4 N–H and O–H groups in total. The number of aryl methyl sites for hydroxylation is 4. The summed E-state index contributed by atoms with van der Waals surface area (Å²) in [7, 11) is -4.31. The maximum Gasteiger partial charge on any atom is 0.253 e. The zero-order chi connectivity index (χ0) is 39.7. The molecule has 1 atom stereocenters. The summed E-state index contributed by atoms with van der Waals surface area (Å²) in [6.07, 6.45) is 3.85. The van der Waals surface area contributed by atoms with Crippen molar-refractivity contribution in [1.29, 1.82) is 0 Å². The quantitative estimate of drug-likeness (QED) is 0.157. The second-order valence-electron chi connectivity index (χ2n) is 14.4. The first-order chi connectivity index (χ1) is 25.3. The molecule has 0 saturated heterocycles. The summed E-state index contributed by atoms with van der Waals surface area (Å²) in [5.74, 6) is -0.791. The van der Waals surface area contributed by atoms with Crippen molar-refractivity contribution in [3.05, 3.63) is 126 Å². The average Bonchev–Trinajstić information content (AvgIpc) is 4.02. The van der Waals surface area contributed by atoms with Crippen LogP contribution in [0.4, 0.5) is 20.2 Å². The first-order valence-corrected chi connectivity index (χ1v) is 20.5. The van der Waals surface area contributed by atoms with E-state index in [1.165, 1.54) is 46.8 Å². The Morgan fingerprint density at radius 3 is 1.89 bits per heavy atom. The van der Waals surface area contributed by atoms with Crippen LogP contribution in [0.3, 0.4) is 0 Å². The number of rotatable bonds is 13. The normalized spacial score (nSPS) is 15.6. The standard InChI is InChI=1S/C20H25FN2O5S.C18H21FN2O3S/c1-13-3-4-14(17(21)7-13)8-15-9-19(26)23(2)11-18(15)22-29(27,28)20(5-6-20)10-16(25)12-24;1-11-4-5-13(16(19)8-11)9-15-12(2)18(22)21(3)10-17(15)20-25(23,24)14-6-7-14/h3-4,7,9,11,16,22,24-25H,5-6,8,10,12H2,1-2H3;4-5,8,10,14,20H,6-7,9H2,1-3H3. The van der Waals surface area contributed by atoms with E-state index in [1.807, 2.05) is 0 Å². The Morgan fingerprint density at radius 2 is 1.37 bits per heavy atom. The number of hydrogen-bond donors (Lipinski definition) is 4. The van der Waals surface area contributed by atoms with Gasteiger partial charge in [0.05, 0.1) is 34.1 Å². The van der Waals surface area contributed by atoms with Gasteiger partial charge in [-0.25, -0.2) is 25.6 Å². The van der Waals surface area contributed by atoms with Gasteiger partial charge in [-0.3, -0.25) is 19.0 Å². The number of hydrogen-bond acceptors (Lipinski definition) is 8. The summed E-state index contributed by atoms with van der Waals surface area (Å²) in [6, 6.07) is 10.9. The maximum absolute atomic E-state index is 14.3. The number of pyridine rings is 2. The Hall–Kier alpha value is -4.38. The van der Waals surface area contributed by atoms with E-state index < -0.39 is 43.3 Å². The molecule has 2 saturated carbocycles. The van der Waals surface area contributed by atoms with Crippen molar-refractivity contribution in [2.75, 3.05) is 16.1 Å². The molecule has 2 fully saturated rings. The van der Waals surface area contributed by atoms with Crippen molar-refractivity contribution in [2.45, 2.75) is 81.8 Å². The van der Waals surface area contributed by atoms with Crippen LogP contribution < -0.4 is 20.6 Å². The Labute approximate surface area is 313 Å². The first-order valence-electron chi connectivity index (χ1n) is 17.5. The van der Waals surface area contributed by atoms with Gasteiger partial charge >= 0.3 is 0 Å². The van der Waals surface area contributed by atoms with Crippen LogP contribution in [0.2, 0.25) is 0 Å². The average molecular weight is 789 g/mol. The summed E-state index contributed by atoms with van der Waals surface area (Å²) in [4.78, 5) is 24.4. The maximum atomic E-state index is 14.3. The van der Waals surface area contributed by atoms with Gasteiger partial charge in [0, 0.05) is 51.0 Å². The van der Waals surface area contributed by atoms with E-state index in [9.17, 15) is 40.3 Å². The lowest BCUT2D eigenvalue weighted by atomic mass is 9.99. The third-order valence-corrected chi connectivity index (χ3v) is 13.9. The van der Waals surface area contributed by atoms with E-state index >= 15 is 0 Å². The molecule has 0 radical (unpaired) electrons. The minimum atomic E-state index is -3.90. The summed E-state index contributed by atoms with van der Waals surface area (Å²) in [5, 5.41) is 18.4. The van der Waals surface area contributed by atoms with E-state index in [2.05, 4.69) is 9.44 Å². The number of nitrogens with one attached hydrogen (secondary N) is 2. The van der Waals surface area contributed by atoms with Gasteiger partial charge in [0.2, 0.25) is 20.0 Å². The summed E-state index contributed by atoms with van der Waals surface area (Å²) in [6.45, 7) is 4.68. The van der Waals surface area contributed by atoms with Gasteiger partial charge in [-0.1, -0.05) is 24.3 Å². The number of anilines is 2. The van der Waals surface area contributed by atoms with Crippen molar-refractivity contribution >= 4 is 31.4 Å². The Morgan fingerprint density at radius 1 is 0.815 bits per heavy atom. The van der Waals surface area contributed by atoms with Crippen LogP contribution in [0.25, 0.3) is 0 Å². The molecule has 0 aliphatic heterocycles. The fourth-order valence-corrected chi connectivity index (χ4v) is 9.37.